The molecule has 0 amide bonds. The Morgan fingerprint density at radius 3 is 2.48 bits per heavy atom. The number of aryl methyl sites for hydroxylation is 2. The molecule has 0 radical (unpaired) electrons. The SMILES string of the molecule is CCc1ccc(-c2[nH]c3c(C)c(Cl)ccc3c2C=O)cc1. The Bertz CT molecular complexity index is 815. The number of carbonyl (C=O) groups is 1. The predicted molar refractivity (Wildman–Crippen MR) is 88.2 cm³/mol. The van der Waals surface area contributed by atoms with Gasteiger partial charge in [0, 0.05) is 16.0 Å². The van der Waals surface area contributed by atoms with Gasteiger partial charge >= 0.3 is 0 Å². The minimum Gasteiger partial charge on any atom is -0.354 e. The monoisotopic (exact) mass is 297 g/mol. The molecular formula is C18H16ClNO. The Kier molecular flexibility index (Phi) is 3.56. The van der Waals surface area contributed by atoms with Gasteiger partial charge in [0.15, 0.2) is 6.29 Å². The lowest BCUT2D eigenvalue weighted by Crippen LogP contribution is -1.86. The van der Waals surface area contributed by atoms with Gasteiger partial charge in [-0.2, -0.15) is 0 Å². The van der Waals surface area contributed by atoms with E-state index in [1.165, 1.54) is 5.56 Å². The van der Waals surface area contributed by atoms with Crippen LogP contribution < -0.4 is 0 Å². The summed E-state index contributed by atoms with van der Waals surface area (Å²) in [5, 5.41) is 1.62. The van der Waals surface area contributed by atoms with Crippen molar-refractivity contribution in [1.29, 1.82) is 0 Å². The number of carbonyl (C=O) groups excluding carboxylic acids is 1. The zero-order valence-corrected chi connectivity index (χ0v) is 12.8. The second kappa shape index (κ2) is 5.38. The first-order valence-electron chi connectivity index (χ1n) is 7.01. The van der Waals surface area contributed by atoms with Gasteiger partial charge in [-0.05, 0) is 36.1 Å². The normalized spacial score (nSPS) is 11.0. The van der Waals surface area contributed by atoms with Crippen LogP contribution in [0.3, 0.4) is 0 Å². The van der Waals surface area contributed by atoms with E-state index in [1.807, 2.05) is 31.2 Å². The molecule has 0 fully saturated rings. The van der Waals surface area contributed by atoms with Gasteiger partial charge in [-0.25, -0.2) is 0 Å². The molecule has 0 bridgehead atoms. The van der Waals surface area contributed by atoms with Gasteiger partial charge in [0.05, 0.1) is 11.2 Å². The van der Waals surface area contributed by atoms with E-state index in [4.69, 9.17) is 11.6 Å². The first kappa shape index (κ1) is 13.9. The Morgan fingerprint density at radius 1 is 1.14 bits per heavy atom. The fraction of sp³-hybridized carbons (Fsp3) is 0.167. The molecule has 0 spiro atoms. The number of fused-ring (bicyclic) bond motifs is 1. The van der Waals surface area contributed by atoms with Crippen LogP contribution in [0, 0.1) is 6.92 Å². The molecule has 0 saturated carbocycles. The number of benzene rings is 2. The highest BCUT2D eigenvalue weighted by Crippen LogP contribution is 2.33. The molecule has 1 heterocycles. The largest absolute Gasteiger partial charge is 0.354 e. The number of aromatic amines is 1. The summed E-state index contributed by atoms with van der Waals surface area (Å²) in [5.74, 6) is 0. The first-order valence-corrected chi connectivity index (χ1v) is 7.38. The van der Waals surface area contributed by atoms with Crippen molar-refractivity contribution in [2.24, 2.45) is 0 Å². The maximum absolute atomic E-state index is 11.5. The fourth-order valence-electron chi connectivity index (χ4n) is 2.66. The molecule has 2 nitrogen and oxygen atoms in total. The Morgan fingerprint density at radius 2 is 1.86 bits per heavy atom. The maximum Gasteiger partial charge on any atom is 0.152 e. The quantitative estimate of drug-likeness (QED) is 0.665. The molecule has 3 rings (SSSR count). The zero-order valence-electron chi connectivity index (χ0n) is 12.0. The number of aldehydes is 1. The Labute approximate surface area is 128 Å². The maximum atomic E-state index is 11.5. The van der Waals surface area contributed by atoms with Crippen LogP contribution in [-0.4, -0.2) is 11.3 Å². The number of H-pyrrole nitrogens is 1. The lowest BCUT2D eigenvalue weighted by Gasteiger charge is -2.02. The molecule has 0 saturated heterocycles. The summed E-state index contributed by atoms with van der Waals surface area (Å²) < 4.78 is 0. The van der Waals surface area contributed by atoms with Gasteiger partial charge in [0.25, 0.3) is 0 Å². The third-order valence-corrected chi connectivity index (χ3v) is 4.39. The fourth-order valence-corrected chi connectivity index (χ4v) is 2.81. The molecule has 0 atom stereocenters. The average molecular weight is 298 g/mol. The van der Waals surface area contributed by atoms with Crippen LogP contribution in [0.25, 0.3) is 22.2 Å². The Hall–Kier alpha value is -2.06. The molecule has 3 heteroatoms. The van der Waals surface area contributed by atoms with Gasteiger partial charge in [0.1, 0.15) is 0 Å². The van der Waals surface area contributed by atoms with Gasteiger partial charge in [-0.1, -0.05) is 48.9 Å². The molecule has 0 unspecified atom stereocenters. The summed E-state index contributed by atoms with van der Waals surface area (Å²) in [5.41, 5.74) is 5.73. The number of rotatable bonds is 3. The molecule has 106 valence electrons. The Balaban J connectivity index is 2.26. The smallest absolute Gasteiger partial charge is 0.152 e. The zero-order chi connectivity index (χ0) is 15.0. The van der Waals surface area contributed by atoms with Gasteiger partial charge in [-0.15, -0.1) is 0 Å². The summed E-state index contributed by atoms with van der Waals surface area (Å²) in [6.45, 7) is 4.08. The van der Waals surface area contributed by atoms with Crippen LogP contribution in [0.15, 0.2) is 36.4 Å². The average Bonchev–Trinajstić information content (AvgIpc) is 2.90. The minimum atomic E-state index is 0.689. The standard InChI is InChI=1S/C18H16ClNO/c1-3-12-4-6-13(7-5-12)18-15(10-21)14-8-9-16(19)11(2)17(14)20-18/h4-10,20H,3H2,1-2H3. The number of aromatic nitrogens is 1. The summed E-state index contributed by atoms with van der Waals surface area (Å²) in [6, 6.07) is 12.0. The van der Waals surface area contributed by atoms with Gasteiger partial charge in [-0.3, -0.25) is 4.79 Å². The molecule has 3 aromatic rings. The van der Waals surface area contributed by atoms with E-state index in [0.717, 1.165) is 40.4 Å². The molecule has 1 aromatic heterocycles. The van der Waals surface area contributed by atoms with Crippen LogP contribution in [0.4, 0.5) is 0 Å². The molecule has 2 aromatic carbocycles. The highest BCUT2D eigenvalue weighted by atomic mass is 35.5. The predicted octanol–water partition coefficient (Wildman–Crippen LogP) is 5.17. The van der Waals surface area contributed by atoms with E-state index in [9.17, 15) is 4.79 Å². The minimum absolute atomic E-state index is 0.689. The van der Waals surface area contributed by atoms with Crippen molar-refractivity contribution in [1.82, 2.24) is 4.98 Å². The van der Waals surface area contributed by atoms with Crippen LogP contribution >= 0.6 is 11.6 Å². The molecule has 21 heavy (non-hydrogen) atoms. The van der Waals surface area contributed by atoms with E-state index in [2.05, 4.69) is 24.0 Å². The van der Waals surface area contributed by atoms with Crippen LogP contribution in [0.2, 0.25) is 5.02 Å². The van der Waals surface area contributed by atoms with Crippen molar-refractivity contribution < 1.29 is 4.79 Å². The van der Waals surface area contributed by atoms with Crippen molar-refractivity contribution in [2.75, 3.05) is 0 Å². The van der Waals surface area contributed by atoms with Gasteiger partial charge < -0.3 is 4.98 Å². The van der Waals surface area contributed by atoms with E-state index < -0.39 is 0 Å². The third-order valence-electron chi connectivity index (χ3n) is 3.98. The van der Waals surface area contributed by atoms with Crippen molar-refractivity contribution in [3.8, 4) is 11.3 Å². The topological polar surface area (TPSA) is 32.9 Å². The van der Waals surface area contributed by atoms with Gasteiger partial charge in [0.2, 0.25) is 0 Å². The van der Waals surface area contributed by atoms with E-state index in [-0.39, 0.29) is 0 Å². The summed E-state index contributed by atoms with van der Waals surface area (Å²) in [7, 11) is 0. The summed E-state index contributed by atoms with van der Waals surface area (Å²) in [6.07, 6.45) is 1.91. The summed E-state index contributed by atoms with van der Waals surface area (Å²) >= 11 is 6.17. The number of hydrogen-bond acceptors (Lipinski definition) is 1. The highest BCUT2D eigenvalue weighted by molar-refractivity contribution is 6.32. The van der Waals surface area contributed by atoms with Crippen molar-refractivity contribution in [3.05, 3.63) is 58.1 Å². The number of nitrogens with one attached hydrogen (secondary N) is 1. The van der Waals surface area contributed by atoms with Crippen LogP contribution in [-0.2, 0) is 6.42 Å². The molecule has 0 aliphatic rings. The lowest BCUT2D eigenvalue weighted by atomic mass is 10.0. The van der Waals surface area contributed by atoms with Crippen molar-refractivity contribution >= 4 is 28.8 Å². The molecule has 1 N–H and O–H groups in total. The van der Waals surface area contributed by atoms with E-state index in [0.29, 0.717) is 10.6 Å². The van der Waals surface area contributed by atoms with E-state index >= 15 is 0 Å². The lowest BCUT2D eigenvalue weighted by molar-refractivity contribution is 0.112. The number of hydrogen-bond donors (Lipinski definition) is 1. The van der Waals surface area contributed by atoms with Crippen molar-refractivity contribution in [2.45, 2.75) is 20.3 Å². The van der Waals surface area contributed by atoms with Crippen LogP contribution in [0.5, 0.6) is 0 Å². The third kappa shape index (κ3) is 2.26. The molecule has 0 aliphatic carbocycles. The van der Waals surface area contributed by atoms with Crippen molar-refractivity contribution in [3.63, 3.8) is 0 Å². The molecular weight excluding hydrogens is 282 g/mol. The van der Waals surface area contributed by atoms with E-state index in [1.54, 1.807) is 0 Å². The molecule has 0 aliphatic heterocycles. The second-order valence-electron chi connectivity index (χ2n) is 5.18. The number of halogens is 1. The van der Waals surface area contributed by atoms with Crippen LogP contribution in [0.1, 0.15) is 28.4 Å². The second-order valence-corrected chi connectivity index (χ2v) is 5.58. The highest BCUT2D eigenvalue weighted by Gasteiger charge is 2.15. The summed E-state index contributed by atoms with van der Waals surface area (Å²) in [4.78, 5) is 14.9. The first-order chi connectivity index (χ1) is 10.2.